The predicted molar refractivity (Wildman–Crippen MR) is 76.4 cm³/mol. The average Bonchev–Trinajstić information content (AvgIpc) is 2.87. The van der Waals surface area contributed by atoms with Gasteiger partial charge in [-0.2, -0.15) is 11.8 Å². The summed E-state index contributed by atoms with van der Waals surface area (Å²) >= 11 is 1.94. The number of hydrogen-bond donors (Lipinski definition) is 2. The molecule has 1 atom stereocenters. The van der Waals surface area contributed by atoms with Crippen molar-refractivity contribution in [2.24, 2.45) is 0 Å². The molecule has 2 aliphatic heterocycles. The summed E-state index contributed by atoms with van der Waals surface area (Å²) in [6.07, 6.45) is 3.35. The molecule has 0 spiro atoms. The van der Waals surface area contributed by atoms with Crippen molar-refractivity contribution in [3.8, 4) is 0 Å². The molecule has 18 heavy (non-hydrogen) atoms. The largest absolute Gasteiger partial charge is 0.384 e. The summed E-state index contributed by atoms with van der Waals surface area (Å²) in [5, 5.41) is 6.46. The third kappa shape index (κ3) is 2.48. The van der Waals surface area contributed by atoms with Gasteiger partial charge in [0, 0.05) is 29.6 Å². The van der Waals surface area contributed by atoms with Crippen molar-refractivity contribution < 1.29 is 4.79 Å². The van der Waals surface area contributed by atoms with Gasteiger partial charge >= 0.3 is 0 Å². The third-order valence-electron chi connectivity index (χ3n) is 3.57. The van der Waals surface area contributed by atoms with E-state index >= 15 is 0 Å². The number of thioether (sulfide) groups is 1. The van der Waals surface area contributed by atoms with E-state index in [0.717, 1.165) is 30.7 Å². The summed E-state index contributed by atoms with van der Waals surface area (Å²) in [6, 6.07) is 6.32. The lowest BCUT2D eigenvalue weighted by molar-refractivity contribution is 0.0938. The molecule has 0 aliphatic carbocycles. The van der Waals surface area contributed by atoms with Gasteiger partial charge in [-0.1, -0.05) is 0 Å². The Morgan fingerprint density at radius 1 is 1.44 bits per heavy atom. The number of fused-ring (bicyclic) bond motifs is 1. The van der Waals surface area contributed by atoms with Gasteiger partial charge in [0.25, 0.3) is 5.91 Å². The van der Waals surface area contributed by atoms with Crippen LogP contribution in [0.3, 0.4) is 0 Å². The Labute approximate surface area is 112 Å². The molecule has 0 radical (unpaired) electrons. The standard InChI is InChI=1S/C14H18N2OS/c17-14(16-12-2-1-7-18-9-12)11-3-4-13-10(8-11)5-6-15-13/h3-4,8,12,15H,1-2,5-7,9H2,(H,16,17). The zero-order valence-corrected chi connectivity index (χ0v) is 11.2. The Morgan fingerprint density at radius 2 is 2.39 bits per heavy atom. The van der Waals surface area contributed by atoms with Crippen molar-refractivity contribution in [3.05, 3.63) is 29.3 Å². The number of nitrogens with one attached hydrogen (secondary N) is 2. The molecule has 1 aromatic carbocycles. The van der Waals surface area contributed by atoms with Crippen molar-refractivity contribution in [1.82, 2.24) is 5.32 Å². The van der Waals surface area contributed by atoms with Crippen LogP contribution in [0.4, 0.5) is 5.69 Å². The van der Waals surface area contributed by atoms with Gasteiger partial charge < -0.3 is 10.6 Å². The topological polar surface area (TPSA) is 41.1 Å². The van der Waals surface area contributed by atoms with Gasteiger partial charge in [0.1, 0.15) is 0 Å². The molecule has 2 heterocycles. The quantitative estimate of drug-likeness (QED) is 0.859. The number of carbonyl (C=O) groups excluding carboxylic acids is 1. The van der Waals surface area contributed by atoms with Crippen LogP contribution in [0.5, 0.6) is 0 Å². The van der Waals surface area contributed by atoms with Crippen LogP contribution < -0.4 is 10.6 Å². The second-order valence-corrected chi connectivity index (χ2v) is 6.09. The first kappa shape index (κ1) is 11.9. The minimum Gasteiger partial charge on any atom is -0.384 e. The van der Waals surface area contributed by atoms with E-state index in [1.54, 1.807) is 0 Å². The van der Waals surface area contributed by atoms with Crippen LogP contribution in [0, 0.1) is 0 Å². The van der Waals surface area contributed by atoms with Crippen molar-refractivity contribution in [2.75, 3.05) is 23.4 Å². The van der Waals surface area contributed by atoms with E-state index in [2.05, 4.69) is 10.6 Å². The highest BCUT2D eigenvalue weighted by Gasteiger charge is 2.18. The zero-order chi connectivity index (χ0) is 12.4. The normalized spacial score (nSPS) is 22.1. The van der Waals surface area contributed by atoms with Crippen molar-refractivity contribution >= 4 is 23.4 Å². The Hall–Kier alpha value is -1.16. The minimum absolute atomic E-state index is 0.0807. The number of benzene rings is 1. The Kier molecular flexibility index (Phi) is 3.46. The van der Waals surface area contributed by atoms with Gasteiger partial charge in [-0.3, -0.25) is 4.79 Å². The summed E-state index contributed by atoms with van der Waals surface area (Å²) in [7, 11) is 0. The first-order chi connectivity index (χ1) is 8.83. The fraction of sp³-hybridized carbons (Fsp3) is 0.500. The van der Waals surface area contributed by atoms with E-state index in [4.69, 9.17) is 0 Å². The highest BCUT2D eigenvalue weighted by atomic mass is 32.2. The molecule has 0 bridgehead atoms. The lowest BCUT2D eigenvalue weighted by atomic mass is 10.1. The number of anilines is 1. The maximum Gasteiger partial charge on any atom is 0.251 e. The minimum atomic E-state index is 0.0807. The molecule has 0 saturated carbocycles. The monoisotopic (exact) mass is 262 g/mol. The fourth-order valence-corrected chi connectivity index (χ4v) is 3.64. The van der Waals surface area contributed by atoms with Crippen LogP contribution >= 0.6 is 11.8 Å². The molecule has 1 unspecified atom stereocenters. The second-order valence-electron chi connectivity index (χ2n) is 4.94. The maximum absolute atomic E-state index is 12.2. The second kappa shape index (κ2) is 5.22. The molecule has 3 rings (SSSR count). The molecule has 2 N–H and O–H groups in total. The molecule has 3 nitrogen and oxygen atoms in total. The summed E-state index contributed by atoms with van der Waals surface area (Å²) in [5.41, 5.74) is 3.24. The van der Waals surface area contributed by atoms with Crippen LogP contribution in [0.25, 0.3) is 0 Å². The van der Waals surface area contributed by atoms with E-state index in [9.17, 15) is 4.79 Å². The molecule has 96 valence electrons. The summed E-state index contributed by atoms with van der Waals surface area (Å²) < 4.78 is 0. The zero-order valence-electron chi connectivity index (χ0n) is 10.4. The van der Waals surface area contributed by atoms with E-state index in [-0.39, 0.29) is 5.91 Å². The molecule has 0 aromatic heterocycles. The number of carbonyl (C=O) groups is 1. The van der Waals surface area contributed by atoms with Crippen molar-refractivity contribution in [3.63, 3.8) is 0 Å². The summed E-state index contributed by atoms with van der Waals surface area (Å²) in [6.45, 7) is 0.986. The predicted octanol–water partition coefficient (Wildman–Crippen LogP) is 2.28. The van der Waals surface area contributed by atoms with Gasteiger partial charge in [0.2, 0.25) is 0 Å². The van der Waals surface area contributed by atoms with Crippen LogP contribution in [0.15, 0.2) is 18.2 Å². The number of amides is 1. The SMILES string of the molecule is O=C(NC1CCCSC1)c1ccc2c(c1)CCN2. The lowest BCUT2D eigenvalue weighted by Gasteiger charge is -2.22. The van der Waals surface area contributed by atoms with Gasteiger partial charge in [0.15, 0.2) is 0 Å². The van der Waals surface area contributed by atoms with Crippen molar-refractivity contribution in [1.29, 1.82) is 0 Å². The molecule has 1 saturated heterocycles. The number of hydrogen-bond acceptors (Lipinski definition) is 3. The van der Waals surface area contributed by atoms with Crippen LogP contribution in [0.1, 0.15) is 28.8 Å². The smallest absolute Gasteiger partial charge is 0.251 e. The van der Waals surface area contributed by atoms with Crippen LogP contribution in [-0.2, 0) is 6.42 Å². The molecule has 2 aliphatic rings. The Morgan fingerprint density at radius 3 is 3.22 bits per heavy atom. The molecule has 1 fully saturated rings. The molecule has 4 heteroatoms. The van der Waals surface area contributed by atoms with E-state index in [1.165, 1.54) is 23.4 Å². The highest BCUT2D eigenvalue weighted by Crippen LogP contribution is 2.23. The third-order valence-corrected chi connectivity index (χ3v) is 4.79. The van der Waals surface area contributed by atoms with Gasteiger partial charge in [0.05, 0.1) is 0 Å². The Balaban J connectivity index is 1.68. The fourth-order valence-electron chi connectivity index (χ4n) is 2.57. The van der Waals surface area contributed by atoms with Gasteiger partial charge in [-0.05, 0) is 48.8 Å². The van der Waals surface area contributed by atoms with E-state index in [1.807, 2.05) is 30.0 Å². The summed E-state index contributed by atoms with van der Waals surface area (Å²) in [4.78, 5) is 12.2. The molecular formula is C14H18N2OS. The molecule has 1 amide bonds. The van der Waals surface area contributed by atoms with E-state index in [0.29, 0.717) is 6.04 Å². The highest BCUT2D eigenvalue weighted by molar-refractivity contribution is 7.99. The lowest BCUT2D eigenvalue weighted by Crippen LogP contribution is -2.38. The van der Waals surface area contributed by atoms with Crippen LogP contribution in [-0.4, -0.2) is 30.0 Å². The first-order valence-corrected chi connectivity index (χ1v) is 7.74. The number of rotatable bonds is 2. The Bertz CT molecular complexity index is 455. The van der Waals surface area contributed by atoms with E-state index < -0.39 is 0 Å². The maximum atomic E-state index is 12.2. The first-order valence-electron chi connectivity index (χ1n) is 6.58. The van der Waals surface area contributed by atoms with Crippen LogP contribution in [0.2, 0.25) is 0 Å². The average molecular weight is 262 g/mol. The summed E-state index contributed by atoms with van der Waals surface area (Å²) in [5.74, 6) is 2.37. The molecule has 1 aromatic rings. The molecular weight excluding hydrogens is 244 g/mol. The van der Waals surface area contributed by atoms with Gasteiger partial charge in [-0.25, -0.2) is 0 Å². The van der Waals surface area contributed by atoms with Crippen molar-refractivity contribution in [2.45, 2.75) is 25.3 Å². The van der Waals surface area contributed by atoms with Gasteiger partial charge in [-0.15, -0.1) is 0 Å².